The Hall–Kier alpha value is -1.70. The van der Waals surface area contributed by atoms with Crippen LogP contribution in [0.5, 0.6) is 0 Å². The smallest absolute Gasteiger partial charge is 0.240 e. The number of rotatable bonds is 5. The summed E-state index contributed by atoms with van der Waals surface area (Å²) in [6.07, 6.45) is 0. The van der Waals surface area contributed by atoms with E-state index in [1.807, 2.05) is 0 Å². The zero-order valence-electron chi connectivity index (χ0n) is 10.8. The topological polar surface area (TPSA) is 85.3 Å². The molecule has 0 bridgehead atoms. The van der Waals surface area contributed by atoms with Gasteiger partial charge in [-0.1, -0.05) is 24.4 Å². The highest BCUT2D eigenvalue weighted by molar-refractivity contribution is 7.89. The quantitative estimate of drug-likeness (QED) is 0.821. The number of hydrogen-bond donors (Lipinski definition) is 2. The first-order valence-corrected chi connectivity index (χ1v) is 7.72. The molecule has 0 spiro atoms. The van der Waals surface area contributed by atoms with Crippen molar-refractivity contribution < 1.29 is 12.8 Å². The van der Waals surface area contributed by atoms with Crippen LogP contribution in [0.2, 0.25) is 0 Å². The molecule has 5 nitrogen and oxygen atoms in total. The maximum Gasteiger partial charge on any atom is 0.240 e. The van der Waals surface area contributed by atoms with Crippen molar-refractivity contribution >= 4 is 27.2 Å². The summed E-state index contributed by atoms with van der Waals surface area (Å²) >= 11 is 4.82. The van der Waals surface area contributed by atoms with Crippen LogP contribution in [0.1, 0.15) is 17.1 Å². The monoisotopic (exact) mass is 310 g/mol. The molecule has 0 amide bonds. The molecule has 0 aliphatic heterocycles. The summed E-state index contributed by atoms with van der Waals surface area (Å²) in [6.45, 7) is 1.90. The molecule has 1 aromatic carbocycles. The Balaban J connectivity index is 2.11. The van der Waals surface area contributed by atoms with Gasteiger partial charge in [0.2, 0.25) is 10.0 Å². The second-order valence-corrected chi connectivity index (χ2v) is 6.43. The van der Waals surface area contributed by atoms with Gasteiger partial charge in [0.05, 0.1) is 11.4 Å². The van der Waals surface area contributed by atoms with Crippen LogP contribution in [0.25, 0.3) is 0 Å². The van der Waals surface area contributed by atoms with Crippen LogP contribution in [0.4, 0.5) is 0 Å². The van der Waals surface area contributed by atoms with E-state index in [-0.39, 0.29) is 16.4 Å². The summed E-state index contributed by atoms with van der Waals surface area (Å²) in [6, 6.07) is 9.59. The molecule has 7 heteroatoms. The van der Waals surface area contributed by atoms with Crippen molar-refractivity contribution in [2.75, 3.05) is 0 Å². The first-order valence-electron chi connectivity index (χ1n) is 5.83. The molecule has 1 aromatic heterocycles. The van der Waals surface area contributed by atoms with Crippen molar-refractivity contribution in [3.8, 4) is 0 Å². The summed E-state index contributed by atoms with van der Waals surface area (Å²) in [5.74, 6) is 1.30. The summed E-state index contributed by atoms with van der Waals surface area (Å²) in [7, 11) is -3.59. The molecule has 0 fully saturated rings. The van der Waals surface area contributed by atoms with Crippen molar-refractivity contribution in [1.82, 2.24) is 4.72 Å². The third-order valence-corrected chi connectivity index (χ3v) is 4.33. The van der Waals surface area contributed by atoms with E-state index < -0.39 is 10.0 Å². The molecular weight excluding hydrogens is 296 g/mol. The van der Waals surface area contributed by atoms with E-state index in [9.17, 15) is 8.42 Å². The van der Waals surface area contributed by atoms with Crippen LogP contribution >= 0.6 is 12.2 Å². The number of aryl methyl sites for hydroxylation is 1. The van der Waals surface area contributed by atoms with Gasteiger partial charge in [-0.25, -0.2) is 13.1 Å². The average Bonchev–Trinajstić information content (AvgIpc) is 2.82. The van der Waals surface area contributed by atoms with Crippen LogP contribution in [0.15, 0.2) is 45.7 Å². The van der Waals surface area contributed by atoms with Gasteiger partial charge in [-0.05, 0) is 31.2 Å². The van der Waals surface area contributed by atoms with Gasteiger partial charge < -0.3 is 10.2 Å². The lowest BCUT2D eigenvalue weighted by Crippen LogP contribution is -2.23. The first kappa shape index (κ1) is 14.7. The maximum absolute atomic E-state index is 12.1. The second kappa shape index (κ2) is 5.74. The Bertz CT molecular complexity index is 718. The second-order valence-electron chi connectivity index (χ2n) is 4.23. The van der Waals surface area contributed by atoms with E-state index in [0.717, 1.165) is 5.76 Å². The number of furan rings is 1. The number of sulfonamides is 1. The Morgan fingerprint density at radius 2 is 1.90 bits per heavy atom. The van der Waals surface area contributed by atoms with E-state index in [1.165, 1.54) is 12.1 Å². The van der Waals surface area contributed by atoms with Crippen molar-refractivity contribution in [1.29, 1.82) is 0 Å². The Kier molecular flexibility index (Phi) is 4.22. The summed E-state index contributed by atoms with van der Waals surface area (Å²) < 4.78 is 31.9. The fourth-order valence-electron chi connectivity index (χ4n) is 1.63. The van der Waals surface area contributed by atoms with E-state index in [2.05, 4.69) is 4.72 Å². The average molecular weight is 310 g/mol. The number of benzene rings is 1. The summed E-state index contributed by atoms with van der Waals surface area (Å²) in [5, 5.41) is 0. The molecule has 0 radical (unpaired) electrons. The molecule has 0 saturated carbocycles. The molecule has 0 atom stereocenters. The zero-order valence-corrected chi connectivity index (χ0v) is 12.4. The zero-order chi connectivity index (χ0) is 14.8. The Labute approximate surface area is 122 Å². The first-order chi connectivity index (χ1) is 9.38. The molecule has 0 saturated heterocycles. The normalized spacial score (nSPS) is 11.4. The van der Waals surface area contributed by atoms with Gasteiger partial charge in [0.1, 0.15) is 16.5 Å². The van der Waals surface area contributed by atoms with Crippen LogP contribution < -0.4 is 10.5 Å². The van der Waals surface area contributed by atoms with Gasteiger partial charge in [-0.2, -0.15) is 0 Å². The van der Waals surface area contributed by atoms with Gasteiger partial charge in [0.25, 0.3) is 0 Å². The molecule has 2 aromatic rings. The fraction of sp³-hybridized carbons (Fsp3) is 0.154. The standard InChI is InChI=1S/C13H14N2O3S2/c1-9-2-5-11(18-9)8-15-20(16,17)12-6-3-10(4-7-12)13(14)19/h2-7,15H,8H2,1H3,(H2,14,19). The Morgan fingerprint density at radius 3 is 2.40 bits per heavy atom. The molecular formula is C13H14N2O3S2. The number of hydrogen-bond acceptors (Lipinski definition) is 4. The molecule has 106 valence electrons. The predicted molar refractivity (Wildman–Crippen MR) is 79.8 cm³/mol. The third kappa shape index (κ3) is 3.44. The molecule has 3 N–H and O–H groups in total. The summed E-state index contributed by atoms with van der Waals surface area (Å²) in [5.41, 5.74) is 6.09. The van der Waals surface area contributed by atoms with Crippen LogP contribution in [-0.4, -0.2) is 13.4 Å². The minimum absolute atomic E-state index is 0.104. The summed E-state index contributed by atoms with van der Waals surface area (Å²) in [4.78, 5) is 0.383. The van der Waals surface area contributed by atoms with Gasteiger partial charge >= 0.3 is 0 Å². The highest BCUT2D eigenvalue weighted by Gasteiger charge is 2.14. The molecule has 20 heavy (non-hydrogen) atoms. The van der Waals surface area contributed by atoms with Crippen LogP contribution in [-0.2, 0) is 16.6 Å². The van der Waals surface area contributed by atoms with Crippen LogP contribution in [0, 0.1) is 6.92 Å². The van der Waals surface area contributed by atoms with E-state index in [4.69, 9.17) is 22.4 Å². The minimum atomic E-state index is -3.59. The number of nitrogens with two attached hydrogens (primary N) is 1. The fourth-order valence-corrected chi connectivity index (χ4v) is 2.76. The number of nitrogens with one attached hydrogen (secondary N) is 1. The van der Waals surface area contributed by atoms with Gasteiger partial charge in [-0.15, -0.1) is 0 Å². The van der Waals surface area contributed by atoms with E-state index in [0.29, 0.717) is 11.3 Å². The minimum Gasteiger partial charge on any atom is -0.465 e. The van der Waals surface area contributed by atoms with E-state index in [1.54, 1.807) is 31.2 Å². The predicted octanol–water partition coefficient (Wildman–Crippen LogP) is 1.70. The van der Waals surface area contributed by atoms with Gasteiger partial charge in [0, 0.05) is 5.56 Å². The molecule has 1 heterocycles. The van der Waals surface area contributed by atoms with Crippen LogP contribution in [0.3, 0.4) is 0 Å². The third-order valence-electron chi connectivity index (χ3n) is 2.68. The van der Waals surface area contributed by atoms with Gasteiger partial charge in [-0.3, -0.25) is 0 Å². The lowest BCUT2D eigenvalue weighted by molar-refractivity contribution is 0.475. The largest absolute Gasteiger partial charge is 0.465 e. The van der Waals surface area contributed by atoms with E-state index >= 15 is 0 Å². The molecule has 2 rings (SSSR count). The maximum atomic E-state index is 12.1. The highest BCUT2D eigenvalue weighted by Crippen LogP contribution is 2.12. The van der Waals surface area contributed by atoms with Crippen molar-refractivity contribution in [2.45, 2.75) is 18.4 Å². The van der Waals surface area contributed by atoms with Crippen molar-refractivity contribution in [3.63, 3.8) is 0 Å². The highest BCUT2D eigenvalue weighted by atomic mass is 32.2. The lowest BCUT2D eigenvalue weighted by Gasteiger charge is -2.06. The van der Waals surface area contributed by atoms with Crippen molar-refractivity contribution in [2.24, 2.45) is 5.73 Å². The lowest BCUT2D eigenvalue weighted by atomic mass is 10.2. The molecule has 0 aliphatic rings. The SMILES string of the molecule is Cc1ccc(CNS(=O)(=O)c2ccc(C(N)=S)cc2)o1. The van der Waals surface area contributed by atoms with Crippen molar-refractivity contribution in [3.05, 3.63) is 53.5 Å². The van der Waals surface area contributed by atoms with Gasteiger partial charge in [0.15, 0.2) is 0 Å². The molecule has 0 unspecified atom stereocenters. The number of thiocarbonyl (C=S) groups is 1. The molecule has 0 aliphatic carbocycles. The Morgan fingerprint density at radius 1 is 1.25 bits per heavy atom.